The predicted molar refractivity (Wildman–Crippen MR) is 46.0 cm³/mol. The molecule has 0 bridgehead atoms. The predicted octanol–water partition coefficient (Wildman–Crippen LogP) is 2.35. The van der Waals surface area contributed by atoms with Crippen LogP contribution in [0.5, 0.6) is 0 Å². The minimum absolute atomic E-state index is 1.09. The zero-order valence-electron chi connectivity index (χ0n) is 7.48. The third-order valence-corrected chi connectivity index (χ3v) is 7.01. The van der Waals surface area contributed by atoms with Crippen molar-refractivity contribution in [2.24, 2.45) is 0 Å². The molecular formula is C5H13FO4P2. The number of hydrogen-bond acceptors (Lipinski definition) is 4. The largest absolute Gasteiger partial charge is 0.330 e. The molecule has 0 aromatic rings. The van der Waals surface area contributed by atoms with Crippen LogP contribution in [-0.4, -0.2) is 33.2 Å². The highest BCUT2D eigenvalue weighted by molar-refractivity contribution is 7.76. The standard InChI is InChI=1S/C5H13FO4P2/c1-9-11(3,7)5(6)12(4,8)10-2/h5H,1-4H3. The Morgan fingerprint density at radius 2 is 1.33 bits per heavy atom. The summed E-state index contributed by atoms with van der Waals surface area (Å²) < 4.78 is 44.5. The van der Waals surface area contributed by atoms with Crippen molar-refractivity contribution in [2.75, 3.05) is 27.5 Å². The molecule has 0 saturated carbocycles. The highest BCUT2D eigenvalue weighted by atomic mass is 31.2. The molecular weight excluding hydrogens is 205 g/mol. The van der Waals surface area contributed by atoms with Gasteiger partial charge in [0.25, 0.3) is 5.65 Å². The Hall–Kier alpha value is 0.310. The van der Waals surface area contributed by atoms with Crippen LogP contribution in [0.3, 0.4) is 0 Å². The Morgan fingerprint density at radius 1 is 1.08 bits per heavy atom. The van der Waals surface area contributed by atoms with Gasteiger partial charge in [0, 0.05) is 27.5 Å². The summed E-state index contributed by atoms with van der Waals surface area (Å²) in [7, 11) is -4.69. The summed E-state index contributed by atoms with van der Waals surface area (Å²) in [6, 6.07) is 0. The highest BCUT2D eigenvalue weighted by Gasteiger charge is 2.41. The van der Waals surface area contributed by atoms with Gasteiger partial charge < -0.3 is 9.05 Å². The molecule has 0 aliphatic heterocycles. The van der Waals surface area contributed by atoms with Crippen LogP contribution in [0.25, 0.3) is 0 Å². The van der Waals surface area contributed by atoms with E-state index in [4.69, 9.17) is 0 Å². The van der Waals surface area contributed by atoms with Gasteiger partial charge in [0.15, 0.2) is 0 Å². The molecule has 0 aromatic carbocycles. The van der Waals surface area contributed by atoms with E-state index in [-0.39, 0.29) is 0 Å². The summed E-state index contributed by atoms with van der Waals surface area (Å²) in [4.78, 5) is 0. The molecule has 7 heteroatoms. The lowest BCUT2D eigenvalue weighted by atomic mass is 11.7. The number of rotatable bonds is 4. The molecule has 0 amide bonds. The summed E-state index contributed by atoms with van der Waals surface area (Å²) >= 11 is 0. The van der Waals surface area contributed by atoms with Crippen LogP contribution in [0.4, 0.5) is 4.39 Å². The third kappa shape index (κ3) is 2.67. The van der Waals surface area contributed by atoms with E-state index in [0.717, 1.165) is 27.5 Å². The summed E-state index contributed by atoms with van der Waals surface area (Å²) in [5, 5.41) is 0. The molecule has 74 valence electrons. The Kier molecular flexibility index (Phi) is 4.12. The van der Waals surface area contributed by atoms with Gasteiger partial charge in [-0.2, -0.15) is 0 Å². The molecule has 0 N–H and O–H groups in total. The van der Waals surface area contributed by atoms with E-state index in [1.165, 1.54) is 0 Å². The second kappa shape index (κ2) is 4.01. The molecule has 0 aromatic heterocycles. The second-order valence-corrected chi connectivity index (χ2v) is 8.17. The van der Waals surface area contributed by atoms with Crippen molar-refractivity contribution in [1.82, 2.24) is 0 Å². The van der Waals surface area contributed by atoms with Crippen molar-refractivity contribution in [1.29, 1.82) is 0 Å². The molecule has 0 saturated heterocycles. The van der Waals surface area contributed by atoms with E-state index in [9.17, 15) is 13.5 Å². The maximum Gasteiger partial charge on any atom is 0.250 e. The van der Waals surface area contributed by atoms with Gasteiger partial charge in [-0.15, -0.1) is 0 Å². The third-order valence-electron chi connectivity index (χ3n) is 1.50. The van der Waals surface area contributed by atoms with Gasteiger partial charge in [0.2, 0.25) is 14.7 Å². The van der Waals surface area contributed by atoms with Crippen LogP contribution in [0.2, 0.25) is 0 Å². The monoisotopic (exact) mass is 218 g/mol. The van der Waals surface area contributed by atoms with E-state index in [0.29, 0.717) is 0 Å². The lowest BCUT2D eigenvalue weighted by molar-refractivity contribution is 0.334. The van der Waals surface area contributed by atoms with E-state index in [2.05, 4.69) is 9.05 Å². The molecule has 0 aliphatic rings. The summed E-state index contributed by atoms with van der Waals surface area (Å²) in [6.07, 6.45) is 0. The minimum Gasteiger partial charge on any atom is -0.330 e. The van der Waals surface area contributed by atoms with Crippen molar-refractivity contribution in [3.05, 3.63) is 0 Å². The normalized spacial score (nSPS) is 24.1. The van der Waals surface area contributed by atoms with E-state index >= 15 is 0 Å². The van der Waals surface area contributed by atoms with Crippen molar-refractivity contribution >= 4 is 14.7 Å². The molecule has 2 atom stereocenters. The molecule has 0 heterocycles. The van der Waals surface area contributed by atoms with Gasteiger partial charge in [0.1, 0.15) is 0 Å². The topological polar surface area (TPSA) is 52.6 Å². The zero-order valence-corrected chi connectivity index (χ0v) is 9.27. The van der Waals surface area contributed by atoms with Gasteiger partial charge in [0.05, 0.1) is 0 Å². The van der Waals surface area contributed by atoms with E-state index in [1.807, 2.05) is 0 Å². The average molecular weight is 218 g/mol. The summed E-state index contributed by atoms with van der Waals surface area (Å²) in [6.45, 7) is 2.18. The van der Waals surface area contributed by atoms with Crippen LogP contribution < -0.4 is 0 Å². The minimum atomic E-state index is -3.46. The smallest absolute Gasteiger partial charge is 0.250 e. The van der Waals surface area contributed by atoms with Crippen molar-refractivity contribution < 1.29 is 22.6 Å². The second-order valence-electron chi connectivity index (χ2n) is 2.49. The first-order valence-corrected chi connectivity index (χ1v) is 7.46. The molecule has 0 rings (SSSR count). The quantitative estimate of drug-likeness (QED) is 0.679. The van der Waals surface area contributed by atoms with Gasteiger partial charge in [-0.05, 0) is 0 Å². The van der Waals surface area contributed by atoms with Crippen LogP contribution >= 0.6 is 14.7 Å². The number of alkyl halides is 1. The van der Waals surface area contributed by atoms with Gasteiger partial charge >= 0.3 is 0 Å². The summed E-state index contributed by atoms with van der Waals surface area (Å²) in [5.74, 6) is 0. The maximum atomic E-state index is 13.2. The van der Waals surface area contributed by atoms with E-state index in [1.54, 1.807) is 0 Å². The number of halogens is 1. The van der Waals surface area contributed by atoms with Crippen LogP contribution in [0, 0.1) is 0 Å². The van der Waals surface area contributed by atoms with Crippen LogP contribution in [0.15, 0.2) is 0 Å². The zero-order chi connectivity index (χ0) is 9.99. The van der Waals surface area contributed by atoms with Gasteiger partial charge in [-0.1, -0.05) is 0 Å². The molecule has 4 nitrogen and oxygen atoms in total. The Balaban J connectivity index is 4.72. The van der Waals surface area contributed by atoms with Crippen molar-refractivity contribution in [3.8, 4) is 0 Å². The highest BCUT2D eigenvalue weighted by Crippen LogP contribution is 2.65. The molecule has 0 fully saturated rings. The molecule has 2 unspecified atom stereocenters. The fourth-order valence-electron chi connectivity index (χ4n) is 0.555. The first kappa shape index (κ1) is 12.3. The van der Waals surface area contributed by atoms with Crippen molar-refractivity contribution in [2.45, 2.75) is 5.65 Å². The maximum absolute atomic E-state index is 13.2. The van der Waals surface area contributed by atoms with Crippen LogP contribution in [0.1, 0.15) is 0 Å². The first-order chi connectivity index (χ1) is 5.28. The van der Waals surface area contributed by atoms with Gasteiger partial charge in [-0.25, -0.2) is 4.39 Å². The molecule has 0 spiro atoms. The lowest BCUT2D eigenvalue weighted by Gasteiger charge is -2.20. The SMILES string of the molecule is COP(C)(=O)C(F)P(C)(=O)OC. The Labute approximate surface area is 71.3 Å². The molecule has 0 aliphatic carbocycles. The van der Waals surface area contributed by atoms with Crippen molar-refractivity contribution in [3.63, 3.8) is 0 Å². The fraction of sp³-hybridized carbons (Fsp3) is 1.00. The van der Waals surface area contributed by atoms with E-state index < -0.39 is 20.4 Å². The van der Waals surface area contributed by atoms with Crippen LogP contribution in [-0.2, 0) is 18.2 Å². The lowest BCUT2D eigenvalue weighted by Crippen LogP contribution is -2.04. The average Bonchev–Trinajstić information content (AvgIpc) is 2.03. The molecule has 0 radical (unpaired) electrons. The Bertz CT molecular complexity index is 218. The Morgan fingerprint density at radius 3 is 1.50 bits per heavy atom. The number of hydrogen-bond donors (Lipinski definition) is 0. The van der Waals surface area contributed by atoms with Gasteiger partial charge in [-0.3, -0.25) is 9.13 Å². The molecule has 12 heavy (non-hydrogen) atoms. The first-order valence-electron chi connectivity index (χ1n) is 3.18. The summed E-state index contributed by atoms with van der Waals surface area (Å²) in [5.41, 5.74) is -2.04. The fourth-order valence-corrected chi connectivity index (χ4v) is 4.52.